The lowest BCUT2D eigenvalue weighted by atomic mass is 10.2. The zero-order chi connectivity index (χ0) is 17.5. The summed E-state index contributed by atoms with van der Waals surface area (Å²) in [5.41, 5.74) is 3.56. The van der Waals surface area contributed by atoms with Gasteiger partial charge in [-0.1, -0.05) is 30.3 Å². The molecule has 5 nitrogen and oxygen atoms in total. The van der Waals surface area contributed by atoms with E-state index in [0.717, 1.165) is 11.3 Å². The molecule has 0 aliphatic carbocycles. The lowest BCUT2D eigenvalue weighted by Gasteiger charge is -2.09. The second kappa shape index (κ2) is 7.75. The van der Waals surface area contributed by atoms with Gasteiger partial charge >= 0.3 is 0 Å². The molecule has 0 unspecified atom stereocenters. The number of hydrogen-bond acceptors (Lipinski definition) is 4. The lowest BCUT2D eigenvalue weighted by Crippen LogP contribution is -2.12. The number of anilines is 2. The molecule has 0 spiro atoms. The normalized spacial score (nSPS) is 9.88. The van der Waals surface area contributed by atoms with Crippen molar-refractivity contribution in [3.05, 3.63) is 89.7 Å². The maximum atomic E-state index is 12.4. The Kier molecular flexibility index (Phi) is 5.03. The highest BCUT2D eigenvalue weighted by molar-refractivity contribution is 6.04. The fourth-order valence-corrected chi connectivity index (χ4v) is 2.29. The Labute approximate surface area is 146 Å². The molecule has 0 atom stereocenters. The average molecular weight is 328 g/mol. The first-order valence-electron chi connectivity index (χ1n) is 7.79. The van der Waals surface area contributed by atoms with Crippen molar-refractivity contribution in [3.8, 4) is 6.07 Å². The molecule has 3 aromatic rings. The van der Waals surface area contributed by atoms with Gasteiger partial charge in [0.15, 0.2) is 0 Å². The molecular formula is C20H16N4O. The summed E-state index contributed by atoms with van der Waals surface area (Å²) >= 11 is 0. The fraction of sp³-hybridized carbons (Fsp3) is 0.0500. The number of hydrogen-bond donors (Lipinski definition) is 2. The van der Waals surface area contributed by atoms with Gasteiger partial charge in [0.05, 0.1) is 22.9 Å². The quantitative estimate of drug-likeness (QED) is 0.746. The van der Waals surface area contributed by atoms with Crippen molar-refractivity contribution in [2.45, 2.75) is 6.54 Å². The van der Waals surface area contributed by atoms with Gasteiger partial charge in [-0.15, -0.1) is 0 Å². The molecule has 1 aromatic heterocycles. The van der Waals surface area contributed by atoms with Crippen LogP contribution in [0.4, 0.5) is 11.4 Å². The molecule has 0 saturated heterocycles. The molecular weight excluding hydrogens is 312 g/mol. The molecule has 25 heavy (non-hydrogen) atoms. The zero-order valence-corrected chi connectivity index (χ0v) is 13.4. The van der Waals surface area contributed by atoms with Crippen molar-refractivity contribution < 1.29 is 4.79 Å². The monoisotopic (exact) mass is 328 g/mol. The molecule has 2 N–H and O–H groups in total. The number of nitriles is 1. The third kappa shape index (κ3) is 4.43. The Morgan fingerprint density at radius 3 is 2.48 bits per heavy atom. The number of pyridine rings is 1. The van der Waals surface area contributed by atoms with Crippen LogP contribution in [0.25, 0.3) is 0 Å². The lowest BCUT2D eigenvalue weighted by molar-refractivity contribution is 0.102. The van der Waals surface area contributed by atoms with Gasteiger partial charge in [0.2, 0.25) is 0 Å². The predicted molar refractivity (Wildman–Crippen MR) is 97.1 cm³/mol. The van der Waals surface area contributed by atoms with E-state index in [9.17, 15) is 4.79 Å². The van der Waals surface area contributed by atoms with Crippen molar-refractivity contribution in [1.29, 1.82) is 5.26 Å². The molecule has 1 heterocycles. The summed E-state index contributed by atoms with van der Waals surface area (Å²) in [5, 5.41) is 14.9. The van der Waals surface area contributed by atoms with Crippen LogP contribution in [0, 0.1) is 11.3 Å². The Bertz CT molecular complexity index is 899. The maximum Gasteiger partial charge on any atom is 0.257 e. The number of rotatable bonds is 5. The zero-order valence-electron chi connectivity index (χ0n) is 13.4. The molecule has 0 bridgehead atoms. The fourth-order valence-electron chi connectivity index (χ4n) is 2.29. The second-order valence-corrected chi connectivity index (χ2v) is 5.44. The SMILES string of the molecule is N#Cc1ccc(NC(=O)c2cncc(NCc3ccccc3)c2)cc1. The van der Waals surface area contributed by atoms with E-state index in [1.165, 1.54) is 6.20 Å². The Balaban J connectivity index is 1.65. The molecule has 0 fully saturated rings. The largest absolute Gasteiger partial charge is 0.380 e. The standard InChI is InChI=1S/C20H16N4O/c21-11-15-6-8-18(9-7-15)24-20(25)17-10-19(14-22-13-17)23-12-16-4-2-1-3-5-16/h1-10,13-14,23H,12H2,(H,24,25). The summed E-state index contributed by atoms with van der Waals surface area (Å²) in [6.45, 7) is 0.656. The van der Waals surface area contributed by atoms with Gasteiger partial charge in [0.25, 0.3) is 5.91 Å². The van der Waals surface area contributed by atoms with Crippen LogP contribution >= 0.6 is 0 Å². The van der Waals surface area contributed by atoms with E-state index in [-0.39, 0.29) is 5.91 Å². The third-order valence-corrected chi connectivity index (χ3v) is 3.61. The van der Waals surface area contributed by atoms with Crippen molar-refractivity contribution >= 4 is 17.3 Å². The Hall–Kier alpha value is -3.65. The summed E-state index contributed by atoms with van der Waals surface area (Å²) in [4.78, 5) is 16.5. The van der Waals surface area contributed by atoms with Crippen LogP contribution in [-0.2, 0) is 6.54 Å². The molecule has 1 amide bonds. The van der Waals surface area contributed by atoms with Crippen LogP contribution in [0.1, 0.15) is 21.5 Å². The minimum atomic E-state index is -0.249. The average Bonchev–Trinajstić information content (AvgIpc) is 2.68. The number of nitrogens with zero attached hydrogens (tertiary/aromatic N) is 2. The van der Waals surface area contributed by atoms with Gasteiger partial charge < -0.3 is 10.6 Å². The summed E-state index contributed by atoms with van der Waals surface area (Å²) in [6.07, 6.45) is 3.20. The van der Waals surface area contributed by atoms with Crippen LogP contribution in [0.15, 0.2) is 73.1 Å². The van der Waals surface area contributed by atoms with Crippen molar-refractivity contribution in [2.75, 3.05) is 10.6 Å². The first-order chi connectivity index (χ1) is 12.2. The summed E-state index contributed by atoms with van der Waals surface area (Å²) in [5.74, 6) is -0.249. The van der Waals surface area contributed by atoms with Gasteiger partial charge in [-0.2, -0.15) is 5.26 Å². The van der Waals surface area contributed by atoms with E-state index in [1.807, 2.05) is 36.4 Å². The van der Waals surface area contributed by atoms with Crippen molar-refractivity contribution in [2.24, 2.45) is 0 Å². The minimum Gasteiger partial charge on any atom is -0.380 e. The van der Waals surface area contributed by atoms with Gasteiger partial charge in [-0.05, 0) is 35.9 Å². The Morgan fingerprint density at radius 1 is 1.00 bits per heavy atom. The molecule has 0 radical (unpaired) electrons. The Morgan fingerprint density at radius 2 is 1.76 bits per heavy atom. The number of carbonyl (C=O) groups excluding carboxylic acids is 1. The summed E-state index contributed by atoms with van der Waals surface area (Å²) in [7, 11) is 0. The van der Waals surface area contributed by atoms with E-state index in [4.69, 9.17) is 5.26 Å². The molecule has 0 aliphatic heterocycles. The molecule has 0 saturated carbocycles. The van der Waals surface area contributed by atoms with Crippen LogP contribution in [0.3, 0.4) is 0 Å². The van der Waals surface area contributed by atoms with E-state index < -0.39 is 0 Å². The number of aromatic nitrogens is 1. The highest BCUT2D eigenvalue weighted by Gasteiger charge is 2.08. The van der Waals surface area contributed by atoms with Gasteiger partial charge in [-0.25, -0.2) is 0 Å². The number of benzene rings is 2. The number of carbonyl (C=O) groups is 1. The van der Waals surface area contributed by atoms with E-state index in [1.54, 1.807) is 36.5 Å². The van der Waals surface area contributed by atoms with Crippen LogP contribution in [0.2, 0.25) is 0 Å². The first-order valence-corrected chi connectivity index (χ1v) is 7.79. The highest BCUT2D eigenvalue weighted by Crippen LogP contribution is 2.14. The van der Waals surface area contributed by atoms with Crippen LogP contribution in [-0.4, -0.2) is 10.9 Å². The smallest absolute Gasteiger partial charge is 0.257 e. The molecule has 0 aliphatic rings. The molecule has 3 rings (SSSR count). The number of amides is 1. The molecule has 5 heteroatoms. The van der Waals surface area contributed by atoms with E-state index in [2.05, 4.69) is 15.6 Å². The second-order valence-electron chi connectivity index (χ2n) is 5.44. The third-order valence-electron chi connectivity index (χ3n) is 3.61. The summed E-state index contributed by atoms with van der Waals surface area (Å²) in [6, 6.07) is 20.5. The topological polar surface area (TPSA) is 77.8 Å². The maximum absolute atomic E-state index is 12.4. The van der Waals surface area contributed by atoms with Gasteiger partial charge in [0.1, 0.15) is 0 Å². The van der Waals surface area contributed by atoms with Gasteiger partial charge in [0, 0.05) is 24.6 Å². The highest BCUT2D eigenvalue weighted by atomic mass is 16.1. The predicted octanol–water partition coefficient (Wildman–Crippen LogP) is 3.82. The van der Waals surface area contributed by atoms with Gasteiger partial charge in [-0.3, -0.25) is 9.78 Å². The van der Waals surface area contributed by atoms with Crippen LogP contribution in [0.5, 0.6) is 0 Å². The van der Waals surface area contributed by atoms with E-state index in [0.29, 0.717) is 23.4 Å². The van der Waals surface area contributed by atoms with Crippen molar-refractivity contribution in [3.63, 3.8) is 0 Å². The number of nitrogens with one attached hydrogen (secondary N) is 2. The molecule has 2 aromatic carbocycles. The minimum absolute atomic E-state index is 0.249. The summed E-state index contributed by atoms with van der Waals surface area (Å²) < 4.78 is 0. The first kappa shape index (κ1) is 16.2. The molecule has 122 valence electrons. The van der Waals surface area contributed by atoms with E-state index >= 15 is 0 Å². The van der Waals surface area contributed by atoms with Crippen molar-refractivity contribution in [1.82, 2.24) is 4.98 Å². The van der Waals surface area contributed by atoms with Crippen LogP contribution < -0.4 is 10.6 Å².